The van der Waals surface area contributed by atoms with E-state index in [2.05, 4.69) is 5.10 Å². The van der Waals surface area contributed by atoms with Crippen LogP contribution in [0.15, 0.2) is 17.2 Å². The van der Waals surface area contributed by atoms with E-state index in [1.165, 1.54) is 17.6 Å². The molecular weight excluding hydrogens is 257 g/mol. The molecular formula is C8H7Cl2N3O3. The number of amides is 2. The van der Waals surface area contributed by atoms with Crippen molar-refractivity contribution in [2.45, 2.75) is 0 Å². The smallest absolute Gasteiger partial charge is 0.358 e. The number of phenolic OH excluding ortho intramolecular Hbond substituents is 1. The molecule has 0 unspecified atom stereocenters. The van der Waals surface area contributed by atoms with Crippen molar-refractivity contribution in [1.29, 1.82) is 0 Å². The van der Waals surface area contributed by atoms with Gasteiger partial charge in [-0.15, -0.1) is 0 Å². The number of nitrogens with zero attached hydrogens (tertiary/aromatic N) is 1. The predicted molar refractivity (Wildman–Crippen MR) is 59.2 cm³/mol. The van der Waals surface area contributed by atoms with Crippen molar-refractivity contribution >= 4 is 35.4 Å². The summed E-state index contributed by atoms with van der Waals surface area (Å²) in [6.07, 6.45) is 1.13. The number of benzene rings is 1. The molecule has 8 heteroatoms. The van der Waals surface area contributed by atoms with Crippen molar-refractivity contribution in [3.8, 4) is 5.75 Å². The number of nitrogens with one attached hydrogen (secondary N) is 2. The second-order valence-corrected chi connectivity index (χ2v) is 3.48. The maximum absolute atomic E-state index is 10.5. The van der Waals surface area contributed by atoms with Crippen molar-refractivity contribution in [3.63, 3.8) is 0 Å². The lowest BCUT2D eigenvalue weighted by atomic mass is 10.2. The fourth-order valence-electron chi connectivity index (χ4n) is 0.870. The average molecular weight is 264 g/mol. The van der Waals surface area contributed by atoms with Crippen molar-refractivity contribution < 1.29 is 15.1 Å². The Morgan fingerprint density at radius 1 is 1.44 bits per heavy atom. The summed E-state index contributed by atoms with van der Waals surface area (Å²) in [6, 6.07) is 1.86. The number of aromatic hydroxyl groups is 1. The fourth-order valence-corrected chi connectivity index (χ4v) is 1.38. The molecule has 1 rings (SSSR count). The first-order valence-corrected chi connectivity index (χ1v) is 4.71. The van der Waals surface area contributed by atoms with E-state index in [0.29, 0.717) is 5.02 Å². The number of hydrogen-bond donors (Lipinski definition) is 4. The number of hydroxylamine groups is 1. The zero-order valence-electron chi connectivity index (χ0n) is 7.74. The normalized spacial score (nSPS) is 10.4. The van der Waals surface area contributed by atoms with Gasteiger partial charge in [0.25, 0.3) is 0 Å². The molecule has 4 N–H and O–H groups in total. The second-order valence-electron chi connectivity index (χ2n) is 2.64. The minimum atomic E-state index is -0.913. The van der Waals surface area contributed by atoms with Crippen molar-refractivity contribution in [3.05, 3.63) is 27.7 Å². The third-order valence-electron chi connectivity index (χ3n) is 1.53. The molecule has 0 aromatic heterocycles. The molecule has 0 fully saturated rings. The molecule has 0 spiro atoms. The highest BCUT2D eigenvalue weighted by Crippen LogP contribution is 2.29. The molecule has 2 amide bonds. The molecule has 1 aromatic rings. The van der Waals surface area contributed by atoms with Crippen LogP contribution in [0.5, 0.6) is 5.75 Å². The summed E-state index contributed by atoms with van der Waals surface area (Å²) >= 11 is 11.3. The van der Waals surface area contributed by atoms with E-state index < -0.39 is 6.03 Å². The molecule has 0 saturated heterocycles. The van der Waals surface area contributed by atoms with Crippen LogP contribution in [-0.2, 0) is 0 Å². The zero-order chi connectivity index (χ0) is 12.1. The predicted octanol–water partition coefficient (Wildman–Crippen LogP) is 1.72. The van der Waals surface area contributed by atoms with Crippen molar-refractivity contribution in [2.24, 2.45) is 5.10 Å². The molecule has 16 heavy (non-hydrogen) atoms. The number of hydrazone groups is 1. The van der Waals surface area contributed by atoms with E-state index in [1.54, 1.807) is 0 Å². The summed E-state index contributed by atoms with van der Waals surface area (Å²) in [7, 11) is 0. The Morgan fingerprint density at radius 2 is 2.12 bits per heavy atom. The van der Waals surface area contributed by atoms with Gasteiger partial charge in [0.2, 0.25) is 0 Å². The standard InChI is InChI=1S/C8H7Cl2N3O3/c9-5-1-4(7(14)6(10)2-5)3-11-12-8(15)13-16/h1-3,14,16H,(H2,12,13,15)/b11-3+. The summed E-state index contributed by atoms with van der Waals surface area (Å²) < 4.78 is 0. The minimum absolute atomic E-state index is 0.0700. The maximum atomic E-state index is 10.5. The first-order valence-electron chi connectivity index (χ1n) is 3.95. The van der Waals surface area contributed by atoms with Crippen molar-refractivity contribution in [1.82, 2.24) is 10.9 Å². The summed E-state index contributed by atoms with van der Waals surface area (Å²) in [5.74, 6) is -0.207. The van der Waals surface area contributed by atoms with Gasteiger partial charge < -0.3 is 5.11 Å². The summed E-state index contributed by atoms with van der Waals surface area (Å²) in [5.41, 5.74) is 3.46. The lowest BCUT2D eigenvalue weighted by molar-refractivity contribution is 0.162. The lowest BCUT2D eigenvalue weighted by Gasteiger charge is -2.02. The van der Waals surface area contributed by atoms with Gasteiger partial charge in [0.05, 0.1) is 11.2 Å². The van der Waals surface area contributed by atoms with E-state index in [1.807, 2.05) is 5.43 Å². The van der Waals surface area contributed by atoms with E-state index in [9.17, 15) is 9.90 Å². The quantitative estimate of drug-likeness (QED) is 0.372. The number of carbonyl (C=O) groups excluding carboxylic acids is 1. The van der Waals surface area contributed by atoms with Gasteiger partial charge in [-0.25, -0.2) is 15.7 Å². The molecule has 0 saturated carbocycles. The Balaban J connectivity index is 2.85. The summed E-state index contributed by atoms with van der Waals surface area (Å²) in [4.78, 5) is 10.5. The Morgan fingerprint density at radius 3 is 2.75 bits per heavy atom. The number of carbonyl (C=O) groups is 1. The molecule has 0 bridgehead atoms. The molecule has 6 nitrogen and oxygen atoms in total. The summed E-state index contributed by atoms with van der Waals surface area (Å²) in [5, 5.41) is 21.4. The highest BCUT2D eigenvalue weighted by atomic mass is 35.5. The molecule has 0 atom stereocenters. The van der Waals surface area contributed by atoms with Crippen LogP contribution in [0, 0.1) is 0 Å². The molecule has 0 aliphatic rings. The van der Waals surface area contributed by atoms with Crippen LogP contribution in [0.25, 0.3) is 0 Å². The van der Waals surface area contributed by atoms with Crippen LogP contribution in [0.2, 0.25) is 10.0 Å². The van der Waals surface area contributed by atoms with Crippen LogP contribution in [0.4, 0.5) is 4.79 Å². The Hall–Kier alpha value is -1.50. The Bertz CT molecular complexity index is 437. The SMILES string of the molecule is O=C(NO)N/N=C/c1cc(Cl)cc(Cl)c1O. The largest absolute Gasteiger partial charge is 0.506 e. The monoisotopic (exact) mass is 263 g/mol. The zero-order valence-corrected chi connectivity index (χ0v) is 9.25. The molecule has 0 radical (unpaired) electrons. The number of rotatable bonds is 2. The molecule has 0 aliphatic heterocycles. The van der Waals surface area contributed by atoms with Gasteiger partial charge in [-0.3, -0.25) is 5.21 Å². The fraction of sp³-hybridized carbons (Fsp3) is 0. The van der Waals surface area contributed by atoms with Crippen LogP contribution < -0.4 is 10.9 Å². The molecule has 0 aliphatic carbocycles. The third kappa shape index (κ3) is 3.27. The first-order chi connectivity index (χ1) is 7.54. The van der Waals surface area contributed by atoms with Gasteiger partial charge in [-0.05, 0) is 12.1 Å². The number of urea groups is 1. The van der Waals surface area contributed by atoms with Crippen LogP contribution in [0.1, 0.15) is 5.56 Å². The van der Waals surface area contributed by atoms with Crippen LogP contribution >= 0.6 is 23.2 Å². The molecule has 0 heterocycles. The highest BCUT2D eigenvalue weighted by molar-refractivity contribution is 6.36. The topological polar surface area (TPSA) is 94.0 Å². The first kappa shape index (κ1) is 12.6. The molecule has 86 valence electrons. The van der Waals surface area contributed by atoms with Gasteiger partial charge in [0.15, 0.2) is 0 Å². The Labute approximate surface area is 100 Å². The van der Waals surface area contributed by atoms with Crippen LogP contribution in [-0.4, -0.2) is 22.6 Å². The average Bonchev–Trinajstić information content (AvgIpc) is 2.24. The van der Waals surface area contributed by atoms with E-state index in [4.69, 9.17) is 28.4 Å². The van der Waals surface area contributed by atoms with E-state index in [0.717, 1.165) is 6.21 Å². The van der Waals surface area contributed by atoms with Gasteiger partial charge in [-0.1, -0.05) is 23.2 Å². The number of hydrogen-bond acceptors (Lipinski definition) is 4. The van der Waals surface area contributed by atoms with Crippen LogP contribution in [0.3, 0.4) is 0 Å². The minimum Gasteiger partial charge on any atom is -0.506 e. The van der Waals surface area contributed by atoms with Gasteiger partial charge in [0.1, 0.15) is 5.75 Å². The number of phenols is 1. The lowest BCUT2D eigenvalue weighted by Crippen LogP contribution is -2.29. The highest BCUT2D eigenvalue weighted by Gasteiger charge is 2.05. The second kappa shape index (κ2) is 5.55. The Kier molecular flexibility index (Phi) is 4.36. The van der Waals surface area contributed by atoms with Gasteiger partial charge in [0, 0.05) is 10.6 Å². The third-order valence-corrected chi connectivity index (χ3v) is 2.04. The maximum Gasteiger partial charge on any atom is 0.358 e. The van der Waals surface area contributed by atoms with Crippen molar-refractivity contribution in [2.75, 3.05) is 0 Å². The molecule has 1 aromatic carbocycles. The van der Waals surface area contributed by atoms with E-state index >= 15 is 0 Å². The van der Waals surface area contributed by atoms with Gasteiger partial charge in [-0.2, -0.15) is 5.10 Å². The summed E-state index contributed by atoms with van der Waals surface area (Å²) in [6.45, 7) is 0. The number of halogens is 2. The van der Waals surface area contributed by atoms with E-state index in [-0.39, 0.29) is 16.3 Å². The van der Waals surface area contributed by atoms with Gasteiger partial charge >= 0.3 is 6.03 Å².